The normalized spacial score (nSPS) is 18.7. The summed E-state index contributed by atoms with van der Waals surface area (Å²) in [6.45, 7) is 6.11. The molecule has 0 aliphatic carbocycles. The fourth-order valence-electron chi connectivity index (χ4n) is 3.06. The van der Waals surface area contributed by atoms with Gasteiger partial charge in [0.25, 0.3) is 0 Å². The highest BCUT2D eigenvalue weighted by molar-refractivity contribution is 5.55. The van der Waals surface area contributed by atoms with Gasteiger partial charge in [-0.25, -0.2) is 9.97 Å². The summed E-state index contributed by atoms with van der Waals surface area (Å²) < 4.78 is 5.25. The molecule has 0 saturated carbocycles. The lowest BCUT2D eigenvalue weighted by molar-refractivity contribution is 0.152. The number of ether oxygens (including phenoxy) is 1. The van der Waals surface area contributed by atoms with E-state index in [0.29, 0.717) is 5.92 Å². The standard InChI is InChI=1S/C18H23N3O/c1-14-4-3-5-17(8-14)18-19-9-16(10-20-18)12-21-7-6-15(11-21)13-22-2/h3-5,8-10,15H,6-7,11-13H2,1-2H3/t15-/m1/s1. The van der Waals surface area contributed by atoms with Crippen molar-refractivity contribution in [3.63, 3.8) is 0 Å². The Morgan fingerprint density at radius 1 is 1.27 bits per heavy atom. The van der Waals surface area contributed by atoms with E-state index in [1.807, 2.05) is 18.5 Å². The third-order valence-electron chi connectivity index (χ3n) is 4.16. The lowest BCUT2D eigenvalue weighted by atomic mass is 10.1. The predicted octanol–water partition coefficient (Wildman–Crippen LogP) is 2.92. The summed E-state index contributed by atoms with van der Waals surface area (Å²) in [6.07, 6.45) is 5.12. The van der Waals surface area contributed by atoms with Gasteiger partial charge >= 0.3 is 0 Å². The maximum Gasteiger partial charge on any atom is 0.159 e. The van der Waals surface area contributed by atoms with E-state index in [9.17, 15) is 0 Å². The van der Waals surface area contributed by atoms with Crippen LogP contribution in [0.1, 0.15) is 17.5 Å². The number of nitrogens with zero attached hydrogens (tertiary/aromatic N) is 3. The summed E-state index contributed by atoms with van der Waals surface area (Å²) in [5.41, 5.74) is 3.48. The molecule has 1 aliphatic rings. The molecule has 2 aromatic rings. The number of likely N-dealkylation sites (tertiary alicyclic amines) is 1. The quantitative estimate of drug-likeness (QED) is 0.850. The maximum atomic E-state index is 5.25. The molecule has 1 fully saturated rings. The molecule has 4 nitrogen and oxygen atoms in total. The van der Waals surface area contributed by atoms with Crippen molar-refractivity contribution in [1.29, 1.82) is 0 Å². The van der Waals surface area contributed by atoms with E-state index < -0.39 is 0 Å². The molecule has 1 saturated heterocycles. The van der Waals surface area contributed by atoms with E-state index in [2.05, 4.69) is 40.0 Å². The minimum absolute atomic E-state index is 0.664. The Morgan fingerprint density at radius 2 is 2.09 bits per heavy atom. The van der Waals surface area contributed by atoms with Crippen LogP contribution in [0.3, 0.4) is 0 Å². The van der Waals surface area contributed by atoms with E-state index in [4.69, 9.17) is 4.74 Å². The minimum atomic E-state index is 0.664. The van der Waals surface area contributed by atoms with Crippen LogP contribution in [-0.2, 0) is 11.3 Å². The predicted molar refractivity (Wildman–Crippen MR) is 87.5 cm³/mol. The number of hydrogen-bond donors (Lipinski definition) is 0. The first kappa shape index (κ1) is 15.1. The third kappa shape index (κ3) is 3.70. The molecule has 22 heavy (non-hydrogen) atoms. The van der Waals surface area contributed by atoms with Crippen molar-refractivity contribution in [3.8, 4) is 11.4 Å². The summed E-state index contributed by atoms with van der Waals surface area (Å²) in [6, 6.07) is 8.30. The van der Waals surface area contributed by atoms with Crippen LogP contribution in [0.5, 0.6) is 0 Å². The smallest absolute Gasteiger partial charge is 0.159 e. The third-order valence-corrected chi connectivity index (χ3v) is 4.16. The zero-order chi connectivity index (χ0) is 15.4. The van der Waals surface area contributed by atoms with Gasteiger partial charge < -0.3 is 4.74 Å². The number of benzene rings is 1. The first-order valence-corrected chi connectivity index (χ1v) is 7.84. The van der Waals surface area contributed by atoms with Crippen LogP contribution >= 0.6 is 0 Å². The number of aromatic nitrogens is 2. The minimum Gasteiger partial charge on any atom is -0.384 e. The van der Waals surface area contributed by atoms with Crippen molar-refractivity contribution in [2.24, 2.45) is 5.92 Å². The van der Waals surface area contributed by atoms with Crippen molar-refractivity contribution in [3.05, 3.63) is 47.8 Å². The Hall–Kier alpha value is -1.78. The summed E-state index contributed by atoms with van der Waals surface area (Å²) >= 11 is 0. The highest BCUT2D eigenvalue weighted by Crippen LogP contribution is 2.20. The van der Waals surface area contributed by atoms with Gasteiger partial charge in [0.2, 0.25) is 0 Å². The zero-order valence-electron chi connectivity index (χ0n) is 13.3. The number of rotatable bonds is 5. The highest BCUT2D eigenvalue weighted by atomic mass is 16.5. The second-order valence-corrected chi connectivity index (χ2v) is 6.13. The monoisotopic (exact) mass is 297 g/mol. The van der Waals surface area contributed by atoms with Gasteiger partial charge in [-0.1, -0.05) is 23.8 Å². The number of hydrogen-bond acceptors (Lipinski definition) is 4. The molecule has 1 aromatic carbocycles. The second kappa shape index (κ2) is 6.99. The molecule has 1 aromatic heterocycles. The molecular weight excluding hydrogens is 274 g/mol. The van der Waals surface area contributed by atoms with Crippen molar-refractivity contribution < 1.29 is 4.74 Å². The summed E-state index contributed by atoms with van der Waals surface area (Å²) in [5.74, 6) is 1.46. The van der Waals surface area contributed by atoms with E-state index in [0.717, 1.165) is 37.6 Å². The second-order valence-electron chi connectivity index (χ2n) is 6.13. The van der Waals surface area contributed by atoms with Crippen LogP contribution in [-0.4, -0.2) is 41.7 Å². The lowest BCUT2D eigenvalue weighted by Gasteiger charge is -2.15. The molecule has 0 N–H and O–H groups in total. The molecule has 0 amide bonds. The summed E-state index contributed by atoms with van der Waals surface area (Å²) in [4.78, 5) is 11.5. The highest BCUT2D eigenvalue weighted by Gasteiger charge is 2.22. The van der Waals surface area contributed by atoms with E-state index in [-0.39, 0.29) is 0 Å². The van der Waals surface area contributed by atoms with Crippen molar-refractivity contribution >= 4 is 0 Å². The van der Waals surface area contributed by atoms with Crippen LogP contribution in [0.15, 0.2) is 36.7 Å². The fourth-order valence-corrected chi connectivity index (χ4v) is 3.06. The zero-order valence-corrected chi connectivity index (χ0v) is 13.3. The fraction of sp³-hybridized carbons (Fsp3) is 0.444. The molecule has 3 rings (SSSR count). The van der Waals surface area contributed by atoms with Gasteiger partial charge in [0.05, 0.1) is 6.61 Å². The van der Waals surface area contributed by atoms with Crippen LogP contribution in [0.4, 0.5) is 0 Å². The molecule has 0 radical (unpaired) electrons. The van der Waals surface area contributed by atoms with Gasteiger partial charge in [-0.3, -0.25) is 4.90 Å². The molecule has 4 heteroatoms. The first-order chi connectivity index (χ1) is 10.7. The van der Waals surface area contributed by atoms with E-state index in [1.54, 1.807) is 7.11 Å². The Kier molecular flexibility index (Phi) is 4.80. The summed E-state index contributed by atoms with van der Waals surface area (Å²) in [7, 11) is 1.78. The van der Waals surface area contributed by atoms with Gasteiger partial charge in [0.15, 0.2) is 5.82 Å². The van der Waals surface area contributed by atoms with Crippen molar-refractivity contribution in [2.75, 3.05) is 26.8 Å². The largest absolute Gasteiger partial charge is 0.384 e. The molecule has 0 bridgehead atoms. The van der Waals surface area contributed by atoms with Gasteiger partial charge in [0, 0.05) is 43.7 Å². The Balaban J connectivity index is 1.63. The number of aryl methyl sites for hydroxylation is 1. The van der Waals surface area contributed by atoms with Gasteiger partial charge in [-0.05, 0) is 31.9 Å². The summed E-state index contributed by atoms with van der Waals surface area (Å²) in [5, 5.41) is 0. The van der Waals surface area contributed by atoms with Crippen molar-refractivity contribution in [2.45, 2.75) is 19.9 Å². The Labute approximate surface area is 132 Å². The molecule has 1 atom stereocenters. The molecule has 116 valence electrons. The molecule has 2 heterocycles. The lowest BCUT2D eigenvalue weighted by Crippen LogP contribution is -2.21. The average Bonchev–Trinajstić information content (AvgIpc) is 2.96. The van der Waals surface area contributed by atoms with E-state index >= 15 is 0 Å². The molecular formula is C18H23N3O. The van der Waals surface area contributed by atoms with Crippen LogP contribution in [0.25, 0.3) is 11.4 Å². The van der Waals surface area contributed by atoms with Crippen LogP contribution < -0.4 is 0 Å². The van der Waals surface area contributed by atoms with Crippen molar-refractivity contribution in [1.82, 2.24) is 14.9 Å². The molecule has 0 unspecified atom stereocenters. The van der Waals surface area contributed by atoms with Gasteiger partial charge in [-0.2, -0.15) is 0 Å². The van der Waals surface area contributed by atoms with Gasteiger partial charge in [-0.15, -0.1) is 0 Å². The van der Waals surface area contributed by atoms with E-state index in [1.165, 1.54) is 17.5 Å². The van der Waals surface area contributed by atoms with Gasteiger partial charge in [0.1, 0.15) is 0 Å². The molecule has 0 spiro atoms. The SMILES string of the molecule is COC[C@@H]1CCN(Cc2cnc(-c3cccc(C)c3)nc2)C1. The van der Waals surface area contributed by atoms with Crippen LogP contribution in [0.2, 0.25) is 0 Å². The number of methoxy groups -OCH3 is 1. The van der Waals surface area contributed by atoms with Crippen LogP contribution in [0, 0.1) is 12.8 Å². The average molecular weight is 297 g/mol. The Morgan fingerprint density at radius 3 is 2.82 bits per heavy atom. The Bertz CT molecular complexity index is 612. The maximum absolute atomic E-state index is 5.25. The topological polar surface area (TPSA) is 38.2 Å². The molecule has 1 aliphatic heterocycles. The first-order valence-electron chi connectivity index (χ1n) is 7.84.